The Hall–Kier alpha value is -0.170. The Bertz CT molecular complexity index is 239. The average Bonchev–Trinajstić information content (AvgIpc) is 2.03. The van der Waals surface area contributed by atoms with Crippen molar-refractivity contribution in [3.05, 3.63) is 0 Å². The lowest BCUT2D eigenvalue weighted by Gasteiger charge is -2.17. The van der Waals surface area contributed by atoms with Gasteiger partial charge in [-0.05, 0) is 19.8 Å². The Labute approximate surface area is 86.8 Å². The first-order chi connectivity index (χ1) is 6.40. The normalized spacial score (nSPS) is 14.6. The summed E-state index contributed by atoms with van der Waals surface area (Å²) in [4.78, 5) is 0. The van der Waals surface area contributed by atoms with E-state index in [1.54, 1.807) is 7.05 Å². The molecule has 0 bridgehead atoms. The maximum absolute atomic E-state index is 11.5. The lowest BCUT2D eigenvalue weighted by molar-refractivity contribution is 0.455. The third-order valence-corrected chi connectivity index (χ3v) is 3.41. The third-order valence-electron chi connectivity index (χ3n) is 1.83. The minimum atomic E-state index is -3.29. The van der Waals surface area contributed by atoms with Gasteiger partial charge in [0, 0.05) is 26.2 Å². The second kappa shape index (κ2) is 6.34. The Morgan fingerprint density at radius 3 is 2.50 bits per heavy atom. The fourth-order valence-electron chi connectivity index (χ4n) is 0.961. The highest BCUT2D eigenvalue weighted by atomic mass is 32.2. The Kier molecular flexibility index (Phi) is 6.26. The highest BCUT2D eigenvalue weighted by molar-refractivity contribution is 7.87. The van der Waals surface area contributed by atoms with Crippen LogP contribution in [-0.4, -0.2) is 38.9 Å². The number of hydrogen-bond acceptors (Lipinski definition) is 3. The van der Waals surface area contributed by atoms with Gasteiger partial charge in [-0.25, -0.2) is 4.72 Å². The molecule has 14 heavy (non-hydrogen) atoms. The van der Waals surface area contributed by atoms with Crippen molar-refractivity contribution >= 4 is 10.2 Å². The lowest BCUT2D eigenvalue weighted by Crippen LogP contribution is -2.40. The van der Waals surface area contributed by atoms with Crippen molar-refractivity contribution in [3.63, 3.8) is 0 Å². The van der Waals surface area contributed by atoms with Crippen LogP contribution in [-0.2, 0) is 10.2 Å². The molecule has 3 N–H and O–H groups in total. The quantitative estimate of drug-likeness (QED) is 0.633. The molecule has 0 fully saturated rings. The molecule has 0 spiro atoms. The van der Waals surface area contributed by atoms with E-state index in [-0.39, 0.29) is 6.04 Å². The maximum atomic E-state index is 11.5. The van der Waals surface area contributed by atoms with Crippen LogP contribution >= 0.6 is 0 Å². The first-order valence-corrected chi connectivity index (χ1v) is 6.30. The Morgan fingerprint density at radius 1 is 1.50 bits per heavy atom. The molecule has 0 aromatic rings. The van der Waals surface area contributed by atoms with E-state index < -0.39 is 10.2 Å². The molecule has 0 saturated heterocycles. The third kappa shape index (κ3) is 5.54. The molecule has 86 valence electrons. The van der Waals surface area contributed by atoms with E-state index in [0.29, 0.717) is 19.5 Å². The lowest BCUT2D eigenvalue weighted by atomic mass is 10.3. The van der Waals surface area contributed by atoms with Crippen LogP contribution in [0.2, 0.25) is 0 Å². The largest absolute Gasteiger partial charge is 0.328 e. The molecule has 0 amide bonds. The summed E-state index contributed by atoms with van der Waals surface area (Å²) in [6, 6.07) is 0.0224. The molecule has 1 unspecified atom stereocenters. The summed E-state index contributed by atoms with van der Waals surface area (Å²) >= 11 is 0. The molecular formula is C8H21N3O2S. The smallest absolute Gasteiger partial charge is 0.279 e. The summed E-state index contributed by atoms with van der Waals surface area (Å²) in [5, 5.41) is 0. The van der Waals surface area contributed by atoms with Crippen molar-refractivity contribution < 1.29 is 8.42 Å². The molecule has 0 aliphatic carbocycles. The van der Waals surface area contributed by atoms with Gasteiger partial charge in [-0.3, -0.25) is 0 Å². The summed E-state index contributed by atoms with van der Waals surface area (Å²) in [5.41, 5.74) is 5.51. The number of hydrogen-bond donors (Lipinski definition) is 2. The summed E-state index contributed by atoms with van der Waals surface area (Å²) in [5.74, 6) is 0. The molecule has 1 atom stereocenters. The van der Waals surface area contributed by atoms with Gasteiger partial charge >= 0.3 is 0 Å². The number of nitrogens with one attached hydrogen (secondary N) is 1. The van der Waals surface area contributed by atoms with Gasteiger partial charge in [0.15, 0.2) is 0 Å². The average molecular weight is 223 g/mol. The van der Waals surface area contributed by atoms with Crippen LogP contribution in [0.4, 0.5) is 0 Å². The first-order valence-electron chi connectivity index (χ1n) is 4.86. The minimum Gasteiger partial charge on any atom is -0.328 e. The van der Waals surface area contributed by atoms with Crippen LogP contribution in [0, 0.1) is 0 Å². The van der Waals surface area contributed by atoms with E-state index in [1.807, 2.05) is 13.8 Å². The van der Waals surface area contributed by atoms with Crippen molar-refractivity contribution in [2.45, 2.75) is 32.7 Å². The van der Waals surface area contributed by atoms with E-state index in [9.17, 15) is 8.42 Å². The monoisotopic (exact) mass is 223 g/mol. The van der Waals surface area contributed by atoms with E-state index in [0.717, 1.165) is 6.42 Å². The summed E-state index contributed by atoms with van der Waals surface area (Å²) in [7, 11) is -1.72. The zero-order valence-corrected chi connectivity index (χ0v) is 9.97. The Morgan fingerprint density at radius 2 is 2.07 bits per heavy atom. The topological polar surface area (TPSA) is 75.4 Å². The highest BCUT2D eigenvalue weighted by Crippen LogP contribution is 1.95. The van der Waals surface area contributed by atoms with Crippen molar-refractivity contribution in [1.29, 1.82) is 0 Å². The predicted molar refractivity (Wildman–Crippen MR) is 58.1 cm³/mol. The van der Waals surface area contributed by atoms with Crippen LogP contribution < -0.4 is 10.5 Å². The molecule has 0 heterocycles. The number of rotatable bonds is 7. The summed E-state index contributed by atoms with van der Waals surface area (Å²) in [6.45, 7) is 4.72. The second-order valence-electron chi connectivity index (χ2n) is 3.49. The molecule has 0 radical (unpaired) electrons. The fraction of sp³-hybridized carbons (Fsp3) is 1.00. The van der Waals surface area contributed by atoms with Gasteiger partial charge in [-0.15, -0.1) is 0 Å². The maximum Gasteiger partial charge on any atom is 0.279 e. The molecule has 6 heteroatoms. The van der Waals surface area contributed by atoms with Crippen LogP contribution in [0.15, 0.2) is 0 Å². The van der Waals surface area contributed by atoms with Gasteiger partial charge in [-0.1, -0.05) is 6.92 Å². The first kappa shape index (κ1) is 13.8. The van der Waals surface area contributed by atoms with Crippen molar-refractivity contribution in [1.82, 2.24) is 9.03 Å². The Balaban J connectivity index is 3.95. The van der Waals surface area contributed by atoms with Gasteiger partial charge < -0.3 is 5.73 Å². The summed E-state index contributed by atoms with van der Waals surface area (Å²) < 4.78 is 26.8. The molecular weight excluding hydrogens is 202 g/mol. The van der Waals surface area contributed by atoms with Crippen molar-refractivity contribution in [2.24, 2.45) is 5.73 Å². The van der Waals surface area contributed by atoms with E-state index in [1.165, 1.54) is 4.31 Å². The van der Waals surface area contributed by atoms with Gasteiger partial charge in [-0.2, -0.15) is 12.7 Å². The van der Waals surface area contributed by atoms with Crippen molar-refractivity contribution in [2.75, 3.05) is 20.1 Å². The van der Waals surface area contributed by atoms with Gasteiger partial charge in [0.25, 0.3) is 10.2 Å². The molecule has 5 nitrogen and oxygen atoms in total. The number of nitrogens with zero attached hydrogens (tertiary/aromatic N) is 1. The molecule has 0 aromatic heterocycles. The predicted octanol–water partition coefficient (Wildman–Crippen LogP) is -0.100. The van der Waals surface area contributed by atoms with Gasteiger partial charge in [0.2, 0.25) is 0 Å². The standard InChI is InChI=1S/C8H21N3O2S/c1-4-7-11(3)14(12,13)10-6-5-8(2)9/h8,10H,4-7,9H2,1-3H3. The molecule has 0 aliphatic rings. The minimum absolute atomic E-state index is 0.0224. The van der Waals surface area contributed by atoms with Crippen molar-refractivity contribution in [3.8, 4) is 0 Å². The highest BCUT2D eigenvalue weighted by Gasteiger charge is 2.15. The number of nitrogens with two attached hydrogens (primary N) is 1. The van der Waals surface area contributed by atoms with Crippen LogP contribution in [0.3, 0.4) is 0 Å². The van der Waals surface area contributed by atoms with E-state index in [2.05, 4.69) is 4.72 Å². The van der Waals surface area contributed by atoms with E-state index >= 15 is 0 Å². The zero-order chi connectivity index (χ0) is 11.2. The fourth-order valence-corrected chi connectivity index (χ4v) is 1.98. The molecule has 0 aliphatic heterocycles. The zero-order valence-electron chi connectivity index (χ0n) is 9.16. The molecule has 0 saturated carbocycles. The van der Waals surface area contributed by atoms with Gasteiger partial charge in [0.05, 0.1) is 0 Å². The van der Waals surface area contributed by atoms with E-state index in [4.69, 9.17) is 5.73 Å². The van der Waals surface area contributed by atoms with Crippen LogP contribution in [0.25, 0.3) is 0 Å². The second-order valence-corrected chi connectivity index (χ2v) is 5.35. The van der Waals surface area contributed by atoms with Crippen LogP contribution in [0.1, 0.15) is 26.7 Å². The molecule has 0 rings (SSSR count). The molecule has 0 aromatic carbocycles. The summed E-state index contributed by atoms with van der Waals surface area (Å²) in [6.07, 6.45) is 1.46. The van der Waals surface area contributed by atoms with Gasteiger partial charge in [0.1, 0.15) is 0 Å². The SMILES string of the molecule is CCCN(C)S(=O)(=O)NCCC(C)N. The van der Waals surface area contributed by atoms with Crippen LogP contribution in [0.5, 0.6) is 0 Å².